The molecule has 0 unspecified atom stereocenters. The summed E-state index contributed by atoms with van der Waals surface area (Å²) in [5.41, 5.74) is 7.80. The lowest BCUT2D eigenvalue weighted by atomic mass is 9.88. The number of imide groups is 1. The maximum Gasteiger partial charge on any atom is 0.262 e. The molecule has 0 bridgehead atoms. The van der Waals surface area contributed by atoms with E-state index in [9.17, 15) is 14.4 Å². The van der Waals surface area contributed by atoms with Crippen LogP contribution in [0.4, 0.5) is 0 Å². The SMILES string of the molecule is CC(C)C[C@H](C(=O)N1CCC(=C2c3ccc(Cl)cc3CCc3cccnc32)CC1)N1C(=O)c2ccccc2C1=O. The second kappa shape index (κ2) is 10.7. The average molecular weight is 554 g/mol. The van der Waals surface area contributed by atoms with Crippen molar-refractivity contribution in [3.63, 3.8) is 0 Å². The van der Waals surface area contributed by atoms with Gasteiger partial charge in [-0.3, -0.25) is 24.3 Å². The van der Waals surface area contributed by atoms with Gasteiger partial charge in [-0.25, -0.2) is 0 Å². The second-order valence-electron chi connectivity index (χ2n) is 11.3. The van der Waals surface area contributed by atoms with Crippen molar-refractivity contribution in [1.29, 1.82) is 0 Å². The van der Waals surface area contributed by atoms with E-state index < -0.39 is 6.04 Å². The zero-order valence-electron chi connectivity index (χ0n) is 22.8. The maximum atomic E-state index is 14.0. The monoisotopic (exact) mass is 553 g/mol. The first kappa shape index (κ1) is 26.5. The number of hydrogen-bond donors (Lipinski definition) is 0. The fourth-order valence-corrected chi connectivity index (χ4v) is 6.54. The van der Waals surface area contributed by atoms with Gasteiger partial charge in [0, 0.05) is 29.9 Å². The first-order valence-electron chi connectivity index (χ1n) is 14.0. The molecule has 7 heteroatoms. The lowest BCUT2D eigenvalue weighted by Crippen LogP contribution is -2.52. The van der Waals surface area contributed by atoms with Crippen LogP contribution in [0.25, 0.3) is 5.57 Å². The van der Waals surface area contributed by atoms with E-state index >= 15 is 0 Å². The molecule has 6 rings (SSSR count). The predicted molar refractivity (Wildman–Crippen MR) is 155 cm³/mol. The van der Waals surface area contributed by atoms with Crippen LogP contribution in [0.3, 0.4) is 0 Å². The molecule has 3 aliphatic rings. The summed E-state index contributed by atoms with van der Waals surface area (Å²) in [6.45, 7) is 5.08. The van der Waals surface area contributed by atoms with E-state index in [4.69, 9.17) is 16.6 Å². The Kier molecular flexibility index (Phi) is 7.05. The van der Waals surface area contributed by atoms with E-state index in [1.807, 2.05) is 37.1 Å². The summed E-state index contributed by atoms with van der Waals surface area (Å²) >= 11 is 6.37. The summed E-state index contributed by atoms with van der Waals surface area (Å²) in [5.74, 6) is -0.775. The van der Waals surface area contributed by atoms with Crippen molar-refractivity contribution < 1.29 is 14.4 Å². The molecule has 0 spiro atoms. The summed E-state index contributed by atoms with van der Waals surface area (Å²) in [4.78, 5) is 48.4. The number of aryl methyl sites for hydroxylation is 2. The van der Waals surface area contributed by atoms with Gasteiger partial charge in [0.25, 0.3) is 11.8 Å². The van der Waals surface area contributed by atoms with Crippen LogP contribution in [-0.4, -0.2) is 51.6 Å². The van der Waals surface area contributed by atoms with Gasteiger partial charge >= 0.3 is 0 Å². The van der Waals surface area contributed by atoms with Gasteiger partial charge in [0.2, 0.25) is 5.91 Å². The first-order chi connectivity index (χ1) is 19.3. The van der Waals surface area contributed by atoms with E-state index in [0.717, 1.165) is 29.1 Å². The Labute approximate surface area is 239 Å². The van der Waals surface area contributed by atoms with Crippen LogP contribution in [0.2, 0.25) is 5.02 Å². The molecule has 2 aliphatic heterocycles. The molecule has 40 heavy (non-hydrogen) atoms. The molecule has 1 saturated heterocycles. The zero-order valence-corrected chi connectivity index (χ0v) is 23.6. The van der Waals surface area contributed by atoms with Crippen molar-refractivity contribution in [2.24, 2.45) is 5.92 Å². The second-order valence-corrected chi connectivity index (χ2v) is 11.7. The van der Waals surface area contributed by atoms with Crippen LogP contribution in [0.15, 0.2) is 66.4 Å². The number of carbonyl (C=O) groups excluding carboxylic acids is 3. The summed E-state index contributed by atoms with van der Waals surface area (Å²) < 4.78 is 0. The molecule has 204 valence electrons. The summed E-state index contributed by atoms with van der Waals surface area (Å²) in [6, 6.07) is 16.2. The smallest absolute Gasteiger partial charge is 0.262 e. The van der Waals surface area contributed by atoms with Gasteiger partial charge in [-0.15, -0.1) is 0 Å². The minimum atomic E-state index is -0.815. The number of carbonyl (C=O) groups is 3. The fourth-order valence-electron chi connectivity index (χ4n) is 6.35. The molecule has 0 N–H and O–H groups in total. The highest BCUT2D eigenvalue weighted by Crippen LogP contribution is 2.39. The Morgan fingerprint density at radius 2 is 1.55 bits per heavy atom. The molecule has 1 aliphatic carbocycles. The molecule has 3 aromatic rings. The minimum Gasteiger partial charge on any atom is -0.340 e. The highest BCUT2D eigenvalue weighted by atomic mass is 35.5. The van der Waals surface area contributed by atoms with Crippen molar-refractivity contribution in [3.05, 3.63) is 105 Å². The van der Waals surface area contributed by atoms with E-state index in [0.29, 0.717) is 43.5 Å². The Hall–Kier alpha value is -3.77. The zero-order chi connectivity index (χ0) is 28.0. The number of likely N-dealkylation sites (tertiary alicyclic amines) is 1. The molecule has 1 atom stereocenters. The van der Waals surface area contributed by atoms with Crippen LogP contribution in [0.1, 0.15) is 76.2 Å². The summed E-state index contributed by atoms with van der Waals surface area (Å²) in [6.07, 6.45) is 5.48. The number of nitrogens with zero attached hydrogens (tertiary/aromatic N) is 3. The van der Waals surface area contributed by atoms with Gasteiger partial charge < -0.3 is 4.90 Å². The quantitative estimate of drug-likeness (QED) is 0.373. The Morgan fingerprint density at radius 3 is 2.23 bits per heavy atom. The Bertz CT molecular complexity index is 1510. The van der Waals surface area contributed by atoms with Crippen molar-refractivity contribution in [3.8, 4) is 0 Å². The molecule has 3 amide bonds. The Morgan fingerprint density at radius 1 is 0.875 bits per heavy atom. The fraction of sp³-hybridized carbons (Fsp3) is 0.333. The first-order valence-corrected chi connectivity index (χ1v) is 14.4. The largest absolute Gasteiger partial charge is 0.340 e. The summed E-state index contributed by atoms with van der Waals surface area (Å²) in [7, 11) is 0. The molecule has 3 heterocycles. The molecule has 0 saturated carbocycles. The number of pyridine rings is 1. The molecule has 0 radical (unpaired) electrons. The van der Waals surface area contributed by atoms with Gasteiger partial charge in [-0.05, 0) is 85.0 Å². The van der Waals surface area contributed by atoms with E-state index in [1.165, 1.54) is 27.2 Å². The number of benzene rings is 2. The number of aromatic nitrogens is 1. The highest BCUT2D eigenvalue weighted by Gasteiger charge is 2.44. The topological polar surface area (TPSA) is 70.6 Å². The molecule has 1 fully saturated rings. The van der Waals surface area contributed by atoms with Gasteiger partial charge in [-0.2, -0.15) is 0 Å². The standard InChI is InChI=1S/C33H32ClN3O3/c1-20(2)18-28(37-31(38)26-7-3-4-8-27(26)32(37)39)33(40)36-16-13-21(14-17-36)29-25-12-11-24(34)19-23(25)10-9-22-6-5-15-35-30(22)29/h3-8,11-12,15,19-20,28H,9-10,13-14,16-18H2,1-2H3/t28-/m1/s1. The van der Waals surface area contributed by atoms with Crippen molar-refractivity contribution in [2.45, 2.75) is 52.0 Å². The van der Waals surface area contributed by atoms with Crippen LogP contribution in [-0.2, 0) is 17.6 Å². The number of rotatable bonds is 4. The van der Waals surface area contributed by atoms with Gasteiger partial charge in [0.1, 0.15) is 6.04 Å². The van der Waals surface area contributed by atoms with Crippen LogP contribution < -0.4 is 0 Å². The lowest BCUT2D eigenvalue weighted by molar-refractivity contribution is -0.136. The maximum absolute atomic E-state index is 14.0. The van der Waals surface area contributed by atoms with Crippen molar-refractivity contribution in [1.82, 2.24) is 14.8 Å². The third-order valence-electron chi connectivity index (χ3n) is 8.28. The molecule has 6 nitrogen and oxygen atoms in total. The molecule has 2 aromatic carbocycles. The van der Waals surface area contributed by atoms with Crippen LogP contribution >= 0.6 is 11.6 Å². The molecular formula is C33H32ClN3O3. The normalized spacial score (nSPS) is 17.5. The number of fused-ring (bicyclic) bond motifs is 3. The van der Waals surface area contributed by atoms with E-state index in [-0.39, 0.29) is 23.6 Å². The van der Waals surface area contributed by atoms with Crippen molar-refractivity contribution >= 4 is 34.9 Å². The van der Waals surface area contributed by atoms with Crippen LogP contribution in [0.5, 0.6) is 0 Å². The molecular weight excluding hydrogens is 522 g/mol. The van der Waals surface area contributed by atoms with Gasteiger partial charge in [0.05, 0.1) is 16.8 Å². The summed E-state index contributed by atoms with van der Waals surface area (Å²) in [5, 5.41) is 0.729. The van der Waals surface area contributed by atoms with E-state index in [1.54, 1.807) is 24.3 Å². The third-order valence-corrected chi connectivity index (χ3v) is 8.51. The average Bonchev–Trinajstić information content (AvgIpc) is 3.10. The predicted octanol–water partition coefficient (Wildman–Crippen LogP) is 5.97. The van der Waals surface area contributed by atoms with Crippen molar-refractivity contribution in [2.75, 3.05) is 13.1 Å². The minimum absolute atomic E-state index is 0.137. The van der Waals surface area contributed by atoms with Gasteiger partial charge in [0.15, 0.2) is 0 Å². The number of hydrogen-bond acceptors (Lipinski definition) is 4. The highest BCUT2D eigenvalue weighted by molar-refractivity contribution is 6.30. The number of halogens is 1. The van der Waals surface area contributed by atoms with Gasteiger partial charge in [-0.1, -0.05) is 55.3 Å². The Balaban J connectivity index is 1.30. The lowest BCUT2D eigenvalue weighted by Gasteiger charge is -2.35. The van der Waals surface area contributed by atoms with Crippen LogP contribution in [0, 0.1) is 5.92 Å². The molecule has 1 aromatic heterocycles. The third kappa shape index (κ3) is 4.64. The number of piperidine rings is 1. The number of amides is 3. The van der Waals surface area contributed by atoms with E-state index in [2.05, 4.69) is 18.2 Å².